The molecule has 0 radical (unpaired) electrons. The molecule has 1 saturated heterocycles. The van der Waals surface area contributed by atoms with Crippen LogP contribution in [0.5, 0.6) is 0 Å². The van der Waals surface area contributed by atoms with Crippen molar-refractivity contribution in [2.24, 2.45) is 5.92 Å². The van der Waals surface area contributed by atoms with Crippen LogP contribution in [0.3, 0.4) is 0 Å². The lowest BCUT2D eigenvalue weighted by atomic mass is 10.1. The molecule has 0 N–H and O–H groups in total. The van der Waals surface area contributed by atoms with Crippen molar-refractivity contribution in [3.05, 3.63) is 0 Å². The number of hydrogen-bond acceptors (Lipinski definition) is 3. The van der Waals surface area contributed by atoms with E-state index in [4.69, 9.17) is 4.74 Å². The quantitative estimate of drug-likeness (QED) is 0.683. The number of rotatable bonds is 3. The number of likely N-dealkylation sites (N-methyl/N-ethyl adjacent to an activating group) is 1. The Bertz CT molecular complexity index is 231. The normalized spacial score (nSPS) is 28.5. The largest absolute Gasteiger partial charge is 0.372 e. The lowest BCUT2D eigenvalue weighted by Crippen LogP contribution is -2.39. The van der Waals surface area contributed by atoms with Crippen molar-refractivity contribution < 1.29 is 9.53 Å². The minimum absolute atomic E-state index is 0.105. The van der Waals surface area contributed by atoms with Crippen LogP contribution in [0.1, 0.15) is 13.8 Å². The molecule has 4 heteroatoms. The molecule has 0 aromatic heterocycles. The average Bonchev–Trinajstić information content (AvgIpc) is 2.58. The first kappa shape index (κ1) is 12.5. The molecule has 15 heavy (non-hydrogen) atoms. The van der Waals surface area contributed by atoms with E-state index >= 15 is 0 Å². The van der Waals surface area contributed by atoms with Crippen LogP contribution in [0.4, 0.5) is 0 Å². The van der Waals surface area contributed by atoms with Crippen molar-refractivity contribution in [2.75, 3.05) is 34.3 Å². The number of amides is 1. The smallest absolute Gasteiger partial charge is 0.251 e. The predicted octanol–water partition coefficient (Wildman–Crippen LogP) is 0.430. The van der Waals surface area contributed by atoms with Crippen LogP contribution in [0.15, 0.2) is 0 Å². The lowest BCUT2D eigenvalue weighted by Gasteiger charge is -2.23. The van der Waals surface area contributed by atoms with Crippen LogP contribution in [0.25, 0.3) is 0 Å². The summed E-state index contributed by atoms with van der Waals surface area (Å²) in [7, 11) is 5.70. The summed E-state index contributed by atoms with van der Waals surface area (Å²) >= 11 is 0. The summed E-state index contributed by atoms with van der Waals surface area (Å²) in [5.41, 5.74) is 0. The van der Waals surface area contributed by atoms with Gasteiger partial charge in [0.2, 0.25) is 0 Å². The van der Waals surface area contributed by atoms with Gasteiger partial charge in [-0.15, -0.1) is 0 Å². The minimum Gasteiger partial charge on any atom is -0.372 e. The van der Waals surface area contributed by atoms with Gasteiger partial charge < -0.3 is 14.5 Å². The fourth-order valence-corrected chi connectivity index (χ4v) is 2.16. The molecule has 1 aliphatic heterocycles. The first-order valence-corrected chi connectivity index (χ1v) is 5.45. The number of carbonyl (C=O) groups excluding carboxylic acids is 1. The Balaban J connectivity index is 2.58. The molecular formula is C11H22N2O2. The van der Waals surface area contributed by atoms with E-state index in [0.717, 1.165) is 13.1 Å². The van der Waals surface area contributed by atoms with Gasteiger partial charge in [0.25, 0.3) is 5.91 Å². The highest BCUT2D eigenvalue weighted by Gasteiger charge is 2.34. The fourth-order valence-electron chi connectivity index (χ4n) is 2.16. The number of methoxy groups -OCH3 is 1. The van der Waals surface area contributed by atoms with E-state index in [9.17, 15) is 4.79 Å². The maximum absolute atomic E-state index is 11.9. The van der Waals surface area contributed by atoms with Crippen molar-refractivity contribution in [1.82, 2.24) is 9.80 Å². The van der Waals surface area contributed by atoms with E-state index in [0.29, 0.717) is 12.0 Å². The average molecular weight is 214 g/mol. The Morgan fingerprint density at radius 3 is 2.47 bits per heavy atom. The van der Waals surface area contributed by atoms with Crippen molar-refractivity contribution in [3.63, 3.8) is 0 Å². The van der Waals surface area contributed by atoms with Crippen molar-refractivity contribution in [1.29, 1.82) is 0 Å². The third-order valence-corrected chi connectivity index (χ3v) is 3.25. The zero-order valence-corrected chi connectivity index (χ0v) is 10.4. The van der Waals surface area contributed by atoms with Crippen LogP contribution in [-0.4, -0.2) is 62.1 Å². The Morgan fingerprint density at radius 1 is 1.47 bits per heavy atom. The van der Waals surface area contributed by atoms with Gasteiger partial charge in [-0.05, 0) is 26.9 Å². The molecule has 0 spiro atoms. The Kier molecular flexibility index (Phi) is 4.11. The summed E-state index contributed by atoms with van der Waals surface area (Å²) in [6, 6.07) is 0.470. The molecule has 4 nitrogen and oxygen atoms in total. The molecular weight excluding hydrogens is 192 g/mol. The minimum atomic E-state index is -0.321. The molecule has 1 rings (SSSR count). The van der Waals surface area contributed by atoms with Gasteiger partial charge >= 0.3 is 0 Å². The van der Waals surface area contributed by atoms with E-state index in [2.05, 4.69) is 25.9 Å². The zero-order valence-electron chi connectivity index (χ0n) is 10.4. The van der Waals surface area contributed by atoms with Crippen molar-refractivity contribution >= 4 is 5.91 Å². The monoisotopic (exact) mass is 214 g/mol. The number of likely N-dealkylation sites (tertiary alicyclic amines) is 1. The molecule has 1 amide bonds. The van der Waals surface area contributed by atoms with Crippen LogP contribution in [0.2, 0.25) is 0 Å². The van der Waals surface area contributed by atoms with Crippen molar-refractivity contribution in [3.8, 4) is 0 Å². The molecule has 1 heterocycles. The molecule has 0 bridgehead atoms. The first-order valence-electron chi connectivity index (χ1n) is 5.45. The van der Waals surface area contributed by atoms with Gasteiger partial charge in [0, 0.05) is 26.2 Å². The Labute approximate surface area is 92.2 Å². The number of nitrogens with zero attached hydrogens (tertiary/aromatic N) is 2. The fraction of sp³-hybridized carbons (Fsp3) is 0.909. The molecule has 0 aliphatic carbocycles. The van der Waals surface area contributed by atoms with Gasteiger partial charge in [0.1, 0.15) is 6.10 Å². The summed E-state index contributed by atoms with van der Waals surface area (Å²) < 4.78 is 5.05. The van der Waals surface area contributed by atoms with Crippen LogP contribution < -0.4 is 0 Å². The topological polar surface area (TPSA) is 32.8 Å². The van der Waals surface area contributed by atoms with Gasteiger partial charge in [-0.25, -0.2) is 0 Å². The zero-order chi connectivity index (χ0) is 11.6. The SMILES string of the molecule is COC(C)C(=O)N1CC(C)C(N(C)C)C1. The van der Waals surface area contributed by atoms with E-state index in [1.54, 1.807) is 14.0 Å². The van der Waals surface area contributed by atoms with Crippen LogP contribution >= 0.6 is 0 Å². The number of hydrogen-bond donors (Lipinski definition) is 0. The second kappa shape index (κ2) is 4.94. The van der Waals surface area contributed by atoms with Gasteiger partial charge in [-0.2, -0.15) is 0 Å². The van der Waals surface area contributed by atoms with E-state index in [1.165, 1.54) is 0 Å². The molecule has 88 valence electrons. The highest BCUT2D eigenvalue weighted by Crippen LogP contribution is 2.20. The second-order valence-corrected chi connectivity index (χ2v) is 4.63. The highest BCUT2D eigenvalue weighted by atomic mass is 16.5. The Hall–Kier alpha value is -0.610. The molecule has 1 fully saturated rings. The standard InChI is InChI=1S/C11H22N2O2/c1-8-6-13(7-10(8)12(3)4)11(14)9(2)15-5/h8-10H,6-7H2,1-5H3. The third kappa shape index (κ3) is 2.69. The second-order valence-electron chi connectivity index (χ2n) is 4.63. The number of ether oxygens (including phenoxy) is 1. The van der Waals surface area contributed by atoms with Gasteiger partial charge in [-0.3, -0.25) is 4.79 Å². The van der Waals surface area contributed by atoms with Gasteiger partial charge in [0.05, 0.1) is 0 Å². The first-order chi connectivity index (χ1) is 6.97. The molecule has 3 unspecified atom stereocenters. The third-order valence-electron chi connectivity index (χ3n) is 3.25. The summed E-state index contributed by atoms with van der Waals surface area (Å²) in [5.74, 6) is 0.640. The highest BCUT2D eigenvalue weighted by molar-refractivity contribution is 5.80. The van der Waals surface area contributed by atoms with E-state index in [-0.39, 0.29) is 12.0 Å². The molecule has 0 aromatic carbocycles. The van der Waals surface area contributed by atoms with Crippen molar-refractivity contribution in [2.45, 2.75) is 26.0 Å². The summed E-state index contributed by atoms with van der Waals surface area (Å²) in [5, 5.41) is 0. The van der Waals surface area contributed by atoms with E-state index < -0.39 is 0 Å². The van der Waals surface area contributed by atoms with Crippen LogP contribution in [-0.2, 0) is 9.53 Å². The predicted molar refractivity (Wildman–Crippen MR) is 59.7 cm³/mol. The van der Waals surface area contributed by atoms with Crippen LogP contribution in [0, 0.1) is 5.92 Å². The van der Waals surface area contributed by atoms with Gasteiger partial charge in [-0.1, -0.05) is 6.92 Å². The van der Waals surface area contributed by atoms with E-state index in [1.807, 2.05) is 4.90 Å². The maximum atomic E-state index is 11.9. The maximum Gasteiger partial charge on any atom is 0.251 e. The van der Waals surface area contributed by atoms with Gasteiger partial charge in [0.15, 0.2) is 0 Å². The Morgan fingerprint density at radius 2 is 2.07 bits per heavy atom. The molecule has 3 atom stereocenters. The summed E-state index contributed by atoms with van der Waals surface area (Å²) in [6.07, 6.45) is -0.321. The summed E-state index contributed by atoms with van der Waals surface area (Å²) in [6.45, 7) is 5.65. The lowest BCUT2D eigenvalue weighted by molar-refractivity contribution is -0.140. The molecule has 1 aliphatic rings. The number of carbonyl (C=O) groups is 1. The summed E-state index contributed by atoms with van der Waals surface area (Å²) in [4.78, 5) is 16.0. The molecule has 0 aromatic rings. The molecule has 0 saturated carbocycles.